The van der Waals surface area contributed by atoms with Crippen LogP contribution in [0.5, 0.6) is 0 Å². The number of hydrogen-bond acceptors (Lipinski definition) is 5. The Kier molecular flexibility index (Phi) is 7.48. The van der Waals surface area contributed by atoms with E-state index in [0.717, 1.165) is 62.3 Å². The number of rotatable bonds is 9. The van der Waals surface area contributed by atoms with E-state index in [9.17, 15) is 4.79 Å². The summed E-state index contributed by atoms with van der Waals surface area (Å²) in [5.74, 6) is 2.86. The molecule has 0 amide bonds. The summed E-state index contributed by atoms with van der Waals surface area (Å²) in [6.07, 6.45) is 5.98. The summed E-state index contributed by atoms with van der Waals surface area (Å²) in [6.45, 7) is 6.95. The van der Waals surface area contributed by atoms with Gasteiger partial charge in [-0.15, -0.1) is 0 Å². The molecule has 0 spiro atoms. The van der Waals surface area contributed by atoms with Crippen molar-refractivity contribution >= 4 is 5.96 Å². The smallest absolute Gasteiger partial charge is 0.345 e. The zero-order valence-corrected chi connectivity index (χ0v) is 17.8. The SMILES string of the molecule is CCC(CC)c1cc(CNC(=NC)NCCCn2nc3n(c2=O)CCCC3)on1. The van der Waals surface area contributed by atoms with Crippen LogP contribution in [-0.2, 0) is 26.1 Å². The number of aliphatic imine (C=N–C) groups is 1. The van der Waals surface area contributed by atoms with E-state index in [1.54, 1.807) is 11.7 Å². The Bertz CT molecular complexity index is 861. The van der Waals surface area contributed by atoms with E-state index in [1.807, 2.05) is 10.6 Å². The van der Waals surface area contributed by atoms with E-state index in [0.29, 0.717) is 31.5 Å². The van der Waals surface area contributed by atoms with Crippen molar-refractivity contribution in [3.8, 4) is 0 Å². The van der Waals surface area contributed by atoms with Gasteiger partial charge in [-0.1, -0.05) is 19.0 Å². The van der Waals surface area contributed by atoms with Gasteiger partial charge in [-0.25, -0.2) is 9.48 Å². The molecule has 0 aliphatic carbocycles. The predicted octanol–water partition coefficient (Wildman–Crippen LogP) is 2.03. The normalized spacial score (nSPS) is 14.3. The summed E-state index contributed by atoms with van der Waals surface area (Å²) in [5.41, 5.74) is 1.03. The van der Waals surface area contributed by atoms with Gasteiger partial charge < -0.3 is 15.2 Å². The van der Waals surface area contributed by atoms with Gasteiger partial charge in [-0.3, -0.25) is 9.56 Å². The molecule has 3 heterocycles. The molecule has 2 N–H and O–H groups in total. The minimum Gasteiger partial charge on any atom is -0.359 e. The fourth-order valence-corrected chi connectivity index (χ4v) is 3.73. The maximum atomic E-state index is 12.3. The lowest BCUT2D eigenvalue weighted by Gasteiger charge is -2.10. The van der Waals surface area contributed by atoms with Crippen LogP contribution in [0.25, 0.3) is 0 Å². The number of hydrogen-bond donors (Lipinski definition) is 2. The molecule has 0 atom stereocenters. The van der Waals surface area contributed by atoms with Crippen LogP contribution in [0, 0.1) is 0 Å². The fourth-order valence-electron chi connectivity index (χ4n) is 3.73. The highest BCUT2D eigenvalue weighted by molar-refractivity contribution is 5.79. The lowest BCUT2D eigenvalue weighted by Crippen LogP contribution is -2.37. The van der Waals surface area contributed by atoms with E-state index >= 15 is 0 Å². The first-order valence-electron chi connectivity index (χ1n) is 10.7. The minimum absolute atomic E-state index is 0.0146. The molecule has 0 unspecified atom stereocenters. The molecule has 0 radical (unpaired) electrons. The highest BCUT2D eigenvalue weighted by Gasteiger charge is 2.16. The Morgan fingerprint density at radius 3 is 2.86 bits per heavy atom. The molecule has 1 aliphatic rings. The highest BCUT2D eigenvalue weighted by atomic mass is 16.5. The molecule has 9 heteroatoms. The number of nitrogens with zero attached hydrogens (tertiary/aromatic N) is 5. The molecule has 0 bridgehead atoms. The average molecular weight is 404 g/mol. The van der Waals surface area contributed by atoms with E-state index in [2.05, 4.69) is 39.7 Å². The number of fused-ring (bicyclic) bond motifs is 1. The molecule has 3 rings (SSSR count). The van der Waals surface area contributed by atoms with Gasteiger partial charge >= 0.3 is 5.69 Å². The average Bonchev–Trinajstić information content (AvgIpc) is 3.34. The van der Waals surface area contributed by atoms with Crippen LogP contribution < -0.4 is 16.3 Å². The van der Waals surface area contributed by atoms with Crippen molar-refractivity contribution in [1.82, 2.24) is 30.1 Å². The largest absolute Gasteiger partial charge is 0.359 e. The zero-order valence-electron chi connectivity index (χ0n) is 17.8. The van der Waals surface area contributed by atoms with Gasteiger partial charge in [0.05, 0.1) is 12.2 Å². The van der Waals surface area contributed by atoms with E-state index in [-0.39, 0.29) is 5.69 Å². The van der Waals surface area contributed by atoms with Crippen molar-refractivity contribution in [2.45, 2.75) is 77.9 Å². The summed E-state index contributed by atoms with van der Waals surface area (Å²) < 4.78 is 8.84. The lowest BCUT2D eigenvalue weighted by molar-refractivity contribution is 0.368. The monoisotopic (exact) mass is 403 g/mol. The van der Waals surface area contributed by atoms with Crippen LogP contribution >= 0.6 is 0 Å². The van der Waals surface area contributed by atoms with Crippen LogP contribution in [0.15, 0.2) is 20.4 Å². The Balaban J connectivity index is 1.42. The van der Waals surface area contributed by atoms with Crippen LogP contribution in [0.4, 0.5) is 0 Å². The van der Waals surface area contributed by atoms with E-state index < -0.39 is 0 Å². The Morgan fingerprint density at radius 2 is 2.14 bits per heavy atom. The first-order valence-corrected chi connectivity index (χ1v) is 10.7. The molecular formula is C20H33N7O2. The fraction of sp³-hybridized carbons (Fsp3) is 0.700. The van der Waals surface area contributed by atoms with E-state index in [4.69, 9.17) is 4.52 Å². The summed E-state index contributed by atoms with van der Waals surface area (Å²) in [5, 5.41) is 15.2. The maximum Gasteiger partial charge on any atom is 0.345 e. The van der Waals surface area contributed by atoms with Crippen molar-refractivity contribution < 1.29 is 4.52 Å². The number of guanidine groups is 1. The number of aromatic nitrogens is 4. The molecule has 2 aromatic rings. The van der Waals surface area contributed by atoms with Gasteiger partial charge in [-0.05, 0) is 32.1 Å². The van der Waals surface area contributed by atoms with Crippen LogP contribution in [0.3, 0.4) is 0 Å². The van der Waals surface area contributed by atoms with Gasteiger partial charge in [0, 0.05) is 45.1 Å². The quantitative estimate of drug-likeness (QED) is 0.377. The van der Waals surface area contributed by atoms with Crippen LogP contribution in [0.1, 0.15) is 69.1 Å². The van der Waals surface area contributed by atoms with Crippen LogP contribution in [0.2, 0.25) is 0 Å². The van der Waals surface area contributed by atoms with Gasteiger partial charge in [0.1, 0.15) is 5.82 Å². The molecule has 0 aromatic carbocycles. The molecule has 0 saturated carbocycles. The molecule has 0 fully saturated rings. The Labute approximate surface area is 171 Å². The summed E-state index contributed by atoms with van der Waals surface area (Å²) in [6, 6.07) is 2.02. The second-order valence-electron chi connectivity index (χ2n) is 7.47. The highest BCUT2D eigenvalue weighted by Crippen LogP contribution is 2.22. The number of nitrogens with one attached hydrogen (secondary N) is 2. The van der Waals surface area contributed by atoms with Crippen molar-refractivity contribution in [2.75, 3.05) is 13.6 Å². The third-order valence-corrected chi connectivity index (χ3v) is 5.51. The maximum absolute atomic E-state index is 12.3. The third-order valence-electron chi connectivity index (χ3n) is 5.51. The summed E-state index contributed by atoms with van der Waals surface area (Å²) in [7, 11) is 1.74. The third kappa shape index (κ3) is 5.27. The molecule has 1 aliphatic heterocycles. The van der Waals surface area contributed by atoms with Gasteiger partial charge in [0.2, 0.25) is 0 Å². The minimum atomic E-state index is 0.0146. The van der Waals surface area contributed by atoms with Crippen molar-refractivity contribution in [2.24, 2.45) is 4.99 Å². The van der Waals surface area contributed by atoms with Crippen molar-refractivity contribution in [3.63, 3.8) is 0 Å². The van der Waals surface area contributed by atoms with Gasteiger partial charge in [0.15, 0.2) is 11.7 Å². The first-order chi connectivity index (χ1) is 14.2. The summed E-state index contributed by atoms with van der Waals surface area (Å²) in [4.78, 5) is 16.6. The second-order valence-corrected chi connectivity index (χ2v) is 7.47. The lowest BCUT2D eigenvalue weighted by atomic mass is 9.99. The first kappa shape index (κ1) is 21.1. The standard InChI is InChI=1S/C20H33N7O2/c1-4-15(5-2)17-13-16(29-25-17)14-23-19(21-3)22-10-8-12-27-20(28)26-11-7-6-9-18(26)24-27/h13,15H,4-12,14H2,1-3H3,(H2,21,22,23). The van der Waals surface area contributed by atoms with Crippen molar-refractivity contribution in [3.05, 3.63) is 33.8 Å². The predicted molar refractivity (Wildman–Crippen MR) is 112 cm³/mol. The Morgan fingerprint density at radius 1 is 1.31 bits per heavy atom. The topological polar surface area (TPSA) is 102 Å². The molecule has 29 heavy (non-hydrogen) atoms. The molecule has 2 aromatic heterocycles. The van der Waals surface area contributed by atoms with Crippen molar-refractivity contribution in [1.29, 1.82) is 0 Å². The molecule has 160 valence electrons. The van der Waals surface area contributed by atoms with E-state index in [1.165, 1.54) is 0 Å². The second kappa shape index (κ2) is 10.3. The molecular weight excluding hydrogens is 370 g/mol. The zero-order chi connectivity index (χ0) is 20.6. The number of aryl methyl sites for hydroxylation is 2. The van der Waals surface area contributed by atoms with Crippen LogP contribution in [-0.4, -0.2) is 39.1 Å². The van der Waals surface area contributed by atoms with Gasteiger partial charge in [-0.2, -0.15) is 5.10 Å². The molecule has 9 nitrogen and oxygen atoms in total. The summed E-state index contributed by atoms with van der Waals surface area (Å²) >= 11 is 0. The molecule has 0 saturated heterocycles. The Hall–Kier alpha value is -2.58. The van der Waals surface area contributed by atoms with Gasteiger partial charge in [0.25, 0.3) is 0 Å².